The van der Waals surface area contributed by atoms with Crippen molar-refractivity contribution in [3.8, 4) is 0 Å². The van der Waals surface area contributed by atoms with E-state index >= 15 is 0 Å². The third-order valence-corrected chi connectivity index (χ3v) is 9.29. The van der Waals surface area contributed by atoms with Crippen LogP contribution < -0.4 is 5.32 Å². The number of piperidine rings is 1. The van der Waals surface area contributed by atoms with E-state index in [9.17, 15) is 13.2 Å². The first-order chi connectivity index (χ1) is 14.9. The molecule has 1 N–H and O–H groups in total. The van der Waals surface area contributed by atoms with Crippen LogP contribution in [0.1, 0.15) is 53.9 Å². The number of thiophene rings is 1. The zero-order valence-electron chi connectivity index (χ0n) is 18.0. The summed E-state index contributed by atoms with van der Waals surface area (Å²) in [4.78, 5) is 16.7. The van der Waals surface area contributed by atoms with Crippen LogP contribution in [-0.2, 0) is 10.0 Å². The van der Waals surface area contributed by atoms with Crippen LogP contribution in [0.25, 0.3) is 0 Å². The van der Waals surface area contributed by atoms with Gasteiger partial charge in [0.2, 0.25) is 10.0 Å². The monoisotopic (exact) mass is 461 g/mol. The number of hydrogen-bond acceptors (Lipinski definition) is 5. The van der Waals surface area contributed by atoms with E-state index in [0.717, 1.165) is 25.9 Å². The summed E-state index contributed by atoms with van der Waals surface area (Å²) >= 11 is 1.72. The van der Waals surface area contributed by atoms with E-state index in [1.807, 2.05) is 6.07 Å². The van der Waals surface area contributed by atoms with Gasteiger partial charge in [-0.25, -0.2) is 8.42 Å². The molecule has 8 heteroatoms. The van der Waals surface area contributed by atoms with Gasteiger partial charge in [-0.2, -0.15) is 4.31 Å². The van der Waals surface area contributed by atoms with E-state index in [4.69, 9.17) is 0 Å². The number of sulfonamides is 1. The average Bonchev–Trinajstić information content (AvgIpc) is 3.49. The molecular weight excluding hydrogens is 430 g/mol. The lowest BCUT2D eigenvalue weighted by Crippen LogP contribution is -2.38. The van der Waals surface area contributed by atoms with Crippen molar-refractivity contribution in [2.24, 2.45) is 5.92 Å². The minimum Gasteiger partial charge on any atom is -0.350 e. The molecule has 1 aromatic heterocycles. The van der Waals surface area contributed by atoms with Crippen LogP contribution in [0.15, 0.2) is 46.7 Å². The van der Waals surface area contributed by atoms with Crippen molar-refractivity contribution in [1.29, 1.82) is 0 Å². The Kier molecular flexibility index (Phi) is 7.11. The number of nitrogens with zero attached hydrogens (tertiary/aromatic N) is 2. The number of benzene rings is 1. The minimum atomic E-state index is -3.50. The van der Waals surface area contributed by atoms with Gasteiger partial charge in [0.1, 0.15) is 0 Å². The topological polar surface area (TPSA) is 69.7 Å². The van der Waals surface area contributed by atoms with Gasteiger partial charge >= 0.3 is 0 Å². The largest absolute Gasteiger partial charge is 0.350 e. The SMILES string of the molecule is CC1CCN(S(=O)(=O)c2ccc(C(=O)NCC(c3cccs3)N3CCCC3)cc2)CC1. The van der Waals surface area contributed by atoms with Gasteiger partial charge in [-0.15, -0.1) is 11.3 Å². The molecule has 0 saturated carbocycles. The molecule has 1 aromatic carbocycles. The van der Waals surface area contributed by atoms with Crippen molar-refractivity contribution >= 4 is 27.3 Å². The Labute approximate surface area is 189 Å². The van der Waals surface area contributed by atoms with Crippen molar-refractivity contribution in [3.63, 3.8) is 0 Å². The predicted octanol–water partition coefficient (Wildman–Crippen LogP) is 3.74. The number of carbonyl (C=O) groups excluding carboxylic acids is 1. The summed E-state index contributed by atoms with van der Waals surface area (Å²) in [5.74, 6) is 0.396. The molecule has 168 valence electrons. The highest BCUT2D eigenvalue weighted by Crippen LogP contribution is 2.28. The molecule has 0 spiro atoms. The van der Waals surface area contributed by atoms with E-state index in [0.29, 0.717) is 31.1 Å². The zero-order valence-corrected chi connectivity index (χ0v) is 19.6. The summed E-state index contributed by atoms with van der Waals surface area (Å²) in [7, 11) is -3.50. The Balaban J connectivity index is 1.40. The van der Waals surface area contributed by atoms with Gasteiger partial charge in [-0.1, -0.05) is 13.0 Å². The molecule has 1 atom stereocenters. The standard InChI is InChI=1S/C23H31N3O3S2/c1-18-10-14-26(15-11-18)31(28,29)20-8-6-19(7-9-20)23(27)24-17-21(22-5-4-16-30-22)25-12-2-3-13-25/h4-9,16,18,21H,2-3,10-15,17H2,1H3,(H,24,27). The van der Waals surface area contributed by atoms with Gasteiger partial charge < -0.3 is 5.32 Å². The minimum absolute atomic E-state index is 0.170. The quantitative estimate of drug-likeness (QED) is 0.682. The number of amides is 1. The lowest BCUT2D eigenvalue weighted by Gasteiger charge is -2.29. The fourth-order valence-electron chi connectivity index (χ4n) is 4.39. The second-order valence-corrected chi connectivity index (χ2v) is 11.5. The molecule has 0 aliphatic carbocycles. The van der Waals surface area contributed by atoms with Gasteiger partial charge in [-0.05, 0) is 80.4 Å². The molecule has 1 unspecified atom stereocenters. The van der Waals surface area contributed by atoms with Crippen LogP contribution in [-0.4, -0.2) is 56.3 Å². The normalized spacial score (nSPS) is 20.0. The number of carbonyl (C=O) groups is 1. The summed E-state index contributed by atoms with van der Waals surface area (Å²) in [6.07, 6.45) is 4.17. The fourth-order valence-corrected chi connectivity index (χ4v) is 6.72. The Morgan fingerprint density at radius 2 is 1.77 bits per heavy atom. The molecule has 3 heterocycles. The van der Waals surface area contributed by atoms with Gasteiger partial charge in [-0.3, -0.25) is 9.69 Å². The van der Waals surface area contributed by atoms with Gasteiger partial charge in [0.15, 0.2) is 0 Å². The molecule has 0 bridgehead atoms. The summed E-state index contributed by atoms with van der Waals surface area (Å²) < 4.78 is 27.3. The highest BCUT2D eigenvalue weighted by molar-refractivity contribution is 7.89. The Bertz CT molecular complexity index is 960. The van der Waals surface area contributed by atoms with Crippen LogP contribution in [0.5, 0.6) is 0 Å². The van der Waals surface area contributed by atoms with Crippen LogP contribution >= 0.6 is 11.3 Å². The lowest BCUT2D eigenvalue weighted by atomic mass is 10.0. The van der Waals surface area contributed by atoms with E-state index in [2.05, 4.69) is 28.6 Å². The van der Waals surface area contributed by atoms with Crippen LogP contribution in [0.3, 0.4) is 0 Å². The van der Waals surface area contributed by atoms with Gasteiger partial charge in [0.25, 0.3) is 5.91 Å². The van der Waals surface area contributed by atoms with Crippen molar-refractivity contribution < 1.29 is 13.2 Å². The Morgan fingerprint density at radius 3 is 2.39 bits per heavy atom. The molecule has 31 heavy (non-hydrogen) atoms. The van der Waals surface area contributed by atoms with E-state index in [-0.39, 0.29) is 16.8 Å². The maximum Gasteiger partial charge on any atom is 0.251 e. The van der Waals surface area contributed by atoms with Crippen molar-refractivity contribution in [1.82, 2.24) is 14.5 Å². The van der Waals surface area contributed by atoms with Crippen LogP contribution in [0.4, 0.5) is 0 Å². The first-order valence-corrected chi connectivity index (χ1v) is 13.4. The maximum atomic E-state index is 12.9. The highest BCUT2D eigenvalue weighted by atomic mass is 32.2. The maximum absolute atomic E-state index is 12.9. The molecule has 4 rings (SSSR count). The lowest BCUT2D eigenvalue weighted by molar-refractivity contribution is 0.0938. The number of rotatable bonds is 7. The molecular formula is C23H31N3O3S2. The summed E-state index contributed by atoms with van der Waals surface area (Å²) in [6.45, 7) is 5.94. The third-order valence-electron chi connectivity index (χ3n) is 6.41. The number of likely N-dealkylation sites (tertiary alicyclic amines) is 1. The van der Waals surface area contributed by atoms with Gasteiger partial charge in [0, 0.05) is 30.1 Å². The summed E-state index contributed by atoms with van der Waals surface area (Å²) in [6, 6.07) is 10.7. The number of hydrogen-bond donors (Lipinski definition) is 1. The zero-order chi connectivity index (χ0) is 21.8. The molecule has 2 aliphatic heterocycles. The van der Waals surface area contributed by atoms with Crippen LogP contribution in [0.2, 0.25) is 0 Å². The molecule has 2 aliphatic rings. The predicted molar refractivity (Wildman–Crippen MR) is 124 cm³/mol. The first-order valence-electron chi connectivity index (χ1n) is 11.1. The molecule has 6 nitrogen and oxygen atoms in total. The Morgan fingerprint density at radius 1 is 1.10 bits per heavy atom. The molecule has 0 radical (unpaired) electrons. The molecule has 2 aromatic rings. The molecule has 2 fully saturated rings. The van der Waals surface area contributed by atoms with E-state index in [1.165, 1.54) is 17.7 Å². The van der Waals surface area contributed by atoms with Crippen molar-refractivity contribution in [3.05, 3.63) is 52.2 Å². The highest BCUT2D eigenvalue weighted by Gasteiger charge is 2.28. The van der Waals surface area contributed by atoms with E-state index in [1.54, 1.807) is 39.9 Å². The second kappa shape index (κ2) is 9.81. The average molecular weight is 462 g/mol. The second-order valence-electron chi connectivity index (χ2n) is 8.60. The van der Waals surface area contributed by atoms with E-state index < -0.39 is 10.0 Å². The third kappa shape index (κ3) is 5.19. The Hall–Kier alpha value is -1.74. The summed E-state index contributed by atoms with van der Waals surface area (Å²) in [5.41, 5.74) is 0.484. The van der Waals surface area contributed by atoms with Crippen molar-refractivity contribution in [2.45, 2.75) is 43.5 Å². The first kappa shape index (κ1) is 22.5. The number of nitrogens with one attached hydrogen (secondary N) is 1. The van der Waals surface area contributed by atoms with Crippen LogP contribution in [0, 0.1) is 5.92 Å². The van der Waals surface area contributed by atoms with Gasteiger partial charge in [0.05, 0.1) is 10.9 Å². The molecule has 2 saturated heterocycles. The fraction of sp³-hybridized carbons (Fsp3) is 0.522. The smallest absolute Gasteiger partial charge is 0.251 e. The van der Waals surface area contributed by atoms with Crippen molar-refractivity contribution in [2.75, 3.05) is 32.7 Å². The summed E-state index contributed by atoms with van der Waals surface area (Å²) in [5, 5.41) is 5.13. The molecule has 1 amide bonds.